The van der Waals surface area contributed by atoms with Crippen LogP contribution in [0.4, 0.5) is 0 Å². The summed E-state index contributed by atoms with van der Waals surface area (Å²) in [5, 5.41) is 5.80. The minimum Gasteiger partial charge on any atom is -0.245 e. The van der Waals surface area contributed by atoms with E-state index in [4.69, 9.17) is 23.2 Å². The Bertz CT molecular complexity index is 1190. The van der Waals surface area contributed by atoms with E-state index in [1.165, 1.54) is 15.6 Å². The molecule has 0 saturated carbocycles. The zero-order chi connectivity index (χ0) is 21.7. The lowest BCUT2D eigenvalue weighted by Gasteiger charge is -2.06. The molecule has 0 aliphatic rings. The highest BCUT2D eigenvalue weighted by Crippen LogP contribution is 2.19. The maximum absolute atomic E-state index is 13.3. The fourth-order valence-electron chi connectivity index (χ4n) is 2.82. The zero-order valence-electron chi connectivity index (χ0n) is 16.9. The molecule has 0 spiro atoms. The average Bonchev–Trinajstić information content (AvgIpc) is 3.06. The second-order valence-corrected chi connectivity index (χ2v) is 7.43. The molecule has 2 aromatic heterocycles. The molecule has 30 heavy (non-hydrogen) atoms. The molecule has 154 valence electrons. The molecule has 3 aromatic rings. The lowest BCUT2D eigenvalue weighted by Crippen LogP contribution is -2.24. The van der Waals surface area contributed by atoms with Gasteiger partial charge in [-0.25, -0.2) is 19.3 Å². The van der Waals surface area contributed by atoms with E-state index in [0.717, 1.165) is 11.3 Å². The van der Waals surface area contributed by atoms with Gasteiger partial charge in [-0.2, -0.15) is 4.68 Å². The van der Waals surface area contributed by atoms with E-state index in [1.807, 2.05) is 45.1 Å². The number of aryl methyl sites for hydroxylation is 1. The van der Waals surface area contributed by atoms with Gasteiger partial charge in [-0.1, -0.05) is 41.4 Å². The Balaban J connectivity index is 2.13. The molecule has 8 heteroatoms. The molecule has 1 aromatic carbocycles. The molecule has 0 atom stereocenters. The molecule has 0 N–H and O–H groups in total. The van der Waals surface area contributed by atoms with E-state index < -0.39 is 0 Å². The molecule has 0 aliphatic heterocycles. The van der Waals surface area contributed by atoms with Crippen LogP contribution in [0.25, 0.3) is 17.1 Å². The first-order valence-electron chi connectivity index (χ1n) is 9.33. The van der Waals surface area contributed by atoms with Gasteiger partial charge in [-0.3, -0.25) is 0 Å². The SMILES string of the molecule is C/C=C\C(Cl)=CC/C=C(\C)c1nn(-c2cc(C)ncn2)c(=O)n1-c1ccc(Cl)cc1. The van der Waals surface area contributed by atoms with Crippen molar-refractivity contribution in [3.63, 3.8) is 0 Å². The third-order valence-corrected chi connectivity index (χ3v) is 4.82. The van der Waals surface area contributed by atoms with Crippen molar-refractivity contribution in [3.8, 4) is 11.5 Å². The van der Waals surface area contributed by atoms with Crippen molar-refractivity contribution in [3.05, 3.63) is 93.0 Å². The van der Waals surface area contributed by atoms with Gasteiger partial charge in [-0.15, -0.1) is 5.10 Å². The predicted octanol–water partition coefficient (Wildman–Crippen LogP) is 5.27. The summed E-state index contributed by atoms with van der Waals surface area (Å²) >= 11 is 12.1. The normalized spacial score (nSPS) is 12.7. The molecular weight excluding hydrogens is 421 g/mol. The number of hydrogen-bond acceptors (Lipinski definition) is 4. The van der Waals surface area contributed by atoms with Crippen molar-refractivity contribution in [1.82, 2.24) is 24.3 Å². The summed E-state index contributed by atoms with van der Waals surface area (Å²) in [6.07, 6.45) is 9.56. The van der Waals surface area contributed by atoms with Crippen molar-refractivity contribution >= 4 is 28.8 Å². The highest BCUT2D eigenvalue weighted by molar-refractivity contribution is 6.31. The Morgan fingerprint density at radius 2 is 1.90 bits per heavy atom. The monoisotopic (exact) mass is 441 g/mol. The average molecular weight is 442 g/mol. The number of hydrogen-bond donors (Lipinski definition) is 0. The number of halogens is 2. The standard InChI is InChI=1S/C22H21Cl2N5O/c1-4-6-17(23)8-5-7-15(2)21-27-29(20-13-16(3)25-14-26-20)22(30)28(21)19-11-9-18(24)10-12-19/h4,6-14H,5H2,1-3H3/b6-4-,15-7+,17-8?. The van der Waals surface area contributed by atoms with Gasteiger partial charge >= 0.3 is 5.69 Å². The summed E-state index contributed by atoms with van der Waals surface area (Å²) in [6.45, 7) is 5.64. The van der Waals surface area contributed by atoms with E-state index in [0.29, 0.717) is 33.8 Å². The van der Waals surface area contributed by atoms with Crippen LogP contribution < -0.4 is 5.69 Å². The third-order valence-electron chi connectivity index (χ3n) is 4.29. The van der Waals surface area contributed by atoms with Crippen LogP contribution in [0.15, 0.2) is 70.8 Å². The van der Waals surface area contributed by atoms with Crippen LogP contribution in [0.3, 0.4) is 0 Å². The number of rotatable bonds is 6. The van der Waals surface area contributed by atoms with Crippen LogP contribution in [0, 0.1) is 6.92 Å². The fourth-order valence-corrected chi connectivity index (χ4v) is 3.16. The smallest absolute Gasteiger partial charge is 0.245 e. The molecule has 0 fully saturated rings. The lowest BCUT2D eigenvalue weighted by molar-refractivity contribution is 0.792. The Morgan fingerprint density at radius 3 is 2.57 bits per heavy atom. The minimum absolute atomic E-state index is 0.333. The van der Waals surface area contributed by atoms with E-state index in [2.05, 4.69) is 15.1 Å². The first-order chi connectivity index (χ1) is 14.4. The number of allylic oxidation sites excluding steroid dienone is 6. The summed E-state index contributed by atoms with van der Waals surface area (Å²) in [5.74, 6) is 0.916. The van der Waals surface area contributed by atoms with E-state index >= 15 is 0 Å². The van der Waals surface area contributed by atoms with Gasteiger partial charge in [0.05, 0.1) is 5.69 Å². The highest BCUT2D eigenvalue weighted by Gasteiger charge is 2.18. The molecule has 0 bridgehead atoms. The Kier molecular flexibility index (Phi) is 7.03. The first-order valence-corrected chi connectivity index (χ1v) is 10.1. The minimum atomic E-state index is -0.333. The molecule has 0 amide bonds. The van der Waals surface area contributed by atoms with Crippen LogP contribution in [0.2, 0.25) is 5.02 Å². The zero-order valence-corrected chi connectivity index (χ0v) is 18.4. The van der Waals surface area contributed by atoms with Crippen LogP contribution in [0.5, 0.6) is 0 Å². The maximum atomic E-state index is 13.3. The summed E-state index contributed by atoms with van der Waals surface area (Å²) in [6, 6.07) is 8.74. The molecule has 0 aliphatic carbocycles. The van der Waals surface area contributed by atoms with E-state index in [-0.39, 0.29) is 5.69 Å². The maximum Gasteiger partial charge on any atom is 0.357 e. The Hall–Kier alpha value is -2.96. The number of aromatic nitrogens is 5. The second-order valence-electron chi connectivity index (χ2n) is 6.56. The summed E-state index contributed by atoms with van der Waals surface area (Å²) < 4.78 is 2.81. The van der Waals surface area contributed by atoms with Crippen molar-refractivity contribution in [2.45, 2.75) is 27.2 Å². The van der Waals surface area contributed by atoms with Gasteiger partial charge < -0.3 is 0 Å². The third kappa shape index (κ3) is 4.96. The summed E-state index contributed by atoms with van der Waals surface area (Å²) in [4.78, 5) is 21.5. The summed E-state index contributed by atoms with van der Waals surface area (Å²) in [7, 11) is 0. The van der Waals surface area contributed by atoms with Crippen LogP contribution in [-0.2, 0) is 0 Å². The predicted molar refractivity (Wildman–Crippen MR) is 122 cm³/mol. The van der Waals surface area contributed by atoms with Crippen LogP contribution in [-0.4, -0.2) is 24.3 Å². The van der Waals surface area contributed by atoms with Crippen LogP contribution in [0.1, 0.15) is 31.8 Å². The molecule has 2 heterocycles. The van der Waals surface area contributed by atoms with E-state index in [1.54, 1.807) is 30.3 Å². The number of nitrogens with zero attached hydrogens (tertiary/aromatic N) is 5. The van der Waals surface area contributed by atoms with Gasteiger partial charge in [-0.05, 0) is 63.1 Å². The van der Waals surface area contributed by atoms with Gasteiger partial charge in [0.1, 0.15) is 6.33 Å². The van der Waals surface area contributed by atoms with Crippen molar-refractivity contribution < 1.29 is 0 Å². The largest absolute Gasteiger partial charge is 0.357 e. The van der Waals surface area contributed by atoms with Crippen molar-refractivity contribution in [2.24, 2.45) is 0 Å². The van der Waals surface area contributed by atoms with Gasteiger partial charge in [0.2, 0.25) is 0 Å². The van der Waals surface area contributed by atoms with Crippen LogP contribution >= 0.6 is 23.2 Å². The molecule has 6 nitrogen and oxygen atoms in total. The molecule has 0 saturated heterocycles. The molecule has 0 radical (unpaired) electrons. The van der Waals surface area contributed by atoms with Gasteiger partial charge in [0.25, 0.3) is 0 Å². The Morgan fingerprint density at radius 1 is 1.17 bits per heavy atom. The van der Waals surface area contributed by atoms with Crippen molar-refractivity contribution in [2.75, 3.05) is 0 Å². The van der Waals surface area contributed by atoms with E-state index in [9.17, 15) is 4.79 Å². The number of benzene rings is 1. The topological polar surface area (TPSA) is 65.6 Å². The summed E-state index contributed by atoms with van der Waals surface area (Å²) in [5.41, 5.74) is 1.89. The van der Waals surface area contributed by atoms with Crippen molar-refractivity contribution in [1.29, 1.82) is 0 Å². The van der Waals surface area contributed by atoms with Gasteiger partial charge in [0.15, 0.2) is 11.6 Å². The highest BCUT2D eigenvalue weighted by atomic mass is 35.5. The lowest BCUT2D eigenvalue weighted by atomic mass is 10.2. The quantitative estimate of drug-likeness (QED) is 0.488. The van der Waals surface area contributed by atoms with Gasteiger partial charge in [0, 0.05) is 21.8 Å². The second kappa shape index (κ2) is 9.69. The fraction of sp³-hybridized carbons (Fsp3) is 0.182. The first kappa shape index (κ1) is 21.7. The molecular formula is C22H21Cl2N5O. The molecule has 3 rings (SSSR count). The molecule has 0 unspecified atom stereocenters. The Labute approximate surface area is 184 Å².